The Labute approximate surface area is 164 Å². The molecule has 1 amide bonds. The number of sulfonamides is 1. The molecule has 0 aliphatic carbocycles. The van der Waals surface area contributed by atoms with E-state index in [0.29, 0.717) is 5.75 Å². The average molecular weight is 411 g/mol. The molecule has 0 bridgehead atoms. The van der Waals surface area contributed by atoms with E-state index in [9.17, 15) is 13.2 Å². The summed E-state index contributed by atoms with van der Waals surface area (Å²) in [5, 5.41) is 3.11. The highest BCUT2D eigenvalue weighted by atomic mass is 35.5. The molecule has 0 radical (unpaired) electrons. The zero-order chi connectivity index (χ0) is 20.0. The first-order valence-corrected chi connectivity index (χ1v) is 10.4. The number of ether oxygens (including phenoxy) is 1. The number of carbonyl (C=O) groups is 1. The Bertz CT molecular complexity index is 898. The quantitative estimate of drug-likeness (QED) is 0.687. The molecule has 0 aliphatic rings. The van der Waals surface area contributed by atoms with E-state index in [-0.39, 0.29) is 33.1 Å². The fourth-order valence-electron chi connectivity index (χ4n) is 2.54. The minimum absolute atomic E-state index is 0.00165. The van der Waals surface area contributed by atoms with Crippen LogP contribution in [0.15, 0.2) is 47.4 Å². The maximum Gasteiger partial charge on any atom is 0.261 e. The lowest BCUT2D eigenvalue weighted by Gasteiger charge is -2.15. The maximum absolute atomic E-state index is 12.5. The van der Waals surface area contributed by atoms with Gasteiger partial charge in [0.15, 0.2) is 0 Å². The van der Waals surface area contributed by atoms with Crippen molar-refractivity contribution in [3.05, 3.63) is 53.1 Å². The van der Waals surface area contributed by atoms with E-state index in [1.54, 1.807) is 12.1 Å². The van der Waals surface area contributed by atoms with Gasteiger partial charge in [-0.1, -0.05) is 24.9 Å². The fourth-order valence-corrected chi connectivity index (χ4v) is 3.79. The predicted molar refractivity (Wildman–Crippen MR) is 107 cm³/mol. The van der Waals surface area contributed by atoms with Crippen molar-refractivity contribution < 1.29 is 17.9 Å². The average Bonchev–Trinajstić information content (AvgIpc) is 2.63. The third kappa shape index (κ3) is 5.61. The summed E-state index contributed by atoms with van der Waals surface area (Å²) in [4.78, 5) is 12.5. The molecule has 2 rings (SSSR count). The third-order valence-corrected chi connectivity index (χ3v) is 5.66. The van der Waals surface area contributed by atoms with Crippen LogP contribution in [0.1, 0.15) is 37.0 Å². The Balaban J connectivity index is 2.22. The third-order valence-electron chi connectivity index (χ3n) is 3.93. The largest absolute Gasteiger partial charge is 0.497 e. The summed E-state index contributed by atoms with van der Waals surface area (Å²) in [6.07, 6.45) is 1.78. The van der Waals surface area contributed by atoms with E-state index in [1.807, 2.05) is 13.8 Å². The van der Waals surface area contributed by atoms with E-state index < -0.39 is 10.0 Å². The van der Waals surface area contributed by atoms with Crippen LogP contribution in [0.4, 0.5) is 5.69 Å². The van der Waals surface area contributed by atoms with Crippen LogP contribution in [0.2, 0.25) is 5.02 Å². The van der Waals surface area contributed by atoms with Crippen molar-refractivity contribution in [2.45, 2.75) is 37.6 Å². The summed E-state index contributed by atoms with van der Waals surface area (Å²) in [5.41, 5.74) is 0.470. The van der Waals surface area contributed by atoms with E-state index in [2.05, 4.69) is 10.0 Å². The summed E-state index contributed by atoms with van der Waals surface area (Å²) >= 11 is 6.12. The molecular weight excluding hydrogens is 388 g/mol. The minimum Gasteiger partial charge on any atom is -0.497 e. The number of amides is 1. The lowest BCUT2D eigenvalue weighted by atomic mass is 10.1. The topological polar surface area (TPSA) is 84.5 Å². The van der Waals surface area contributed by atoms with Gasteiger partial charge in [-0.3, -0.25) is 9.52 Å². The normalized spacial score (nSPS) is 12.3. The zero-order valence-corrected chi connectivity index (χ0v) is 17.0. The number of benzene rings is 2. The second-order valence-corrected chi connectivity index (χ2v) is 8.23. The second-order valence-electron chi connectivity index (χ2n) is 6.14. The molecule has 0 saturated carbocycles. The summed E-state index contributed by atoms with van der Waals surface area (Å²) in [5.74, 6) is 0.215. The number of nitrogens with one attached hydrogen (secondary N) is 2. The van der Waals surface area contributed by atoms with Crippen molar-refractivity contribution in [2.24, 2.45) is 0 Å². The second kappa shape index (κ2) is 9.10. The molecule has 0 heterocycles. The molecule has 1 atom stereocenters. The van der Waals surface area contributed by atoms with Crippen molar-refractivity contribution in [1.82, 2.24) is 5.32 Å². The number of carbonyl (C=O) groups excluding carboxylic acids is 1. The van der Waals surface area contributed by atoms with E-state index in [0.717, 1.165) is 12.8 Å². The van der Waals surface area contributed by atoms with Crippen molar-refractivity contribution in [1.29, 1.82) is 0 Å². The van der Waals surface area contributed by atoms with Crippen LogP contribution >= 0.6 is 11.6 Å². The van der Waals surface area contributed by atoms with Crippen molar-refractivity contribution >= 4 is 33.2 Å². The zero-order valence-electron chi connectivity index (χ0n) is 15.5. The van der Waals surface area contributed by atoms with Crippen LogP contribution in [0.3, 0.4) is 0 Å². The van der Waals surface area contributed by atoms with Crippen LogP contribution in [0, 0.1) is 0 Å². The van der Waals surface area contributed by atoms with Crippen molar-refractivity contribution in [2.75, 3.05) is 11.8 Å². The van der Waals surface area contributed by atoms with Crippen LogP contribution in [0.25, 0.3) is 0 Å². The van der Waals surface area contributed by atoms with Gasteiger partial charge in [0.25, 0.3) is 15.9 Å². The molecule has 0 spiro atoms. The molecule has 0 unspecified atom stereocenters. The summed E-state index contributed by atoms with van der Waals surface area (Å²) in [6.45, 7) is 3.94. The number of halogens is 1. The smallest absolute Gasteiger partial charge is 0.261 e. The van der Waals surface area contributed by atoms with Crippen LogP contribution in [-0.4, -0.2) is 27.5 Å². The van der Waals surface area contributed by atoms with Gasteiger partial charge in [0.1, 0.15) is 5.75 Å². The van der Waals surface area contributed by atoms with Gasteiger partial charge in [-0.15, -0.1) is 0 Å². The molecule has 2 aromatic carbocycles. The Morgan fingerprint density at radius 2 is 1.85 bits per heavy atom. The monoisotopic (exact) mass is 410 g/mol. The number of methoxy groups -OCH3 is 1. The fraction of sp³-hybridized carbons (Fsp3) is 0.316. The maximum atomic E-state index is 12.5. The summed E-state index contributed by atoms with van der Waals surface area (Å²) in [6, 6.07) is 10.4. The number of rotatable bonds is 8. The molecule has 0 saturated heterocycles. The van der Waals surface area contributed by atoms with Crippen LogP contribution < -0.4 is 14.8 Å². The SMILES string of the molecule is CCC[C@@H](C)NC(=O)c1cc(NS(=O)(=O)c2ccc(OC)cc2)ccc1Cl. The summed E-state index contributed by atoms with van der Waals surface area (Å²) < 4.78 is 32.6. The number of hydrogen-bond donors (Lipinski definition) is 2. The molecule has 146 valence electrons. The predicted octanol–water partition coefficient (Wildman–Crippen LogP) is 4.07. The molecule has 6 nitrogen and oxygen atoms in total. The van der Waals surface area contributed by atoms with Gasteiger partial charge in [0, 0.05) is 11.7 Å². The lowest BCUT2D eigenvalue weighted by molar-refractivity contribution is 0.0938. The molecule has 8 heteroatoms. The highest BCUT2D eigenvalue weighted by Gasteiger charge is 2.18. The van der Waals surface area contributed by atoms with Crippen LogP contribution in [-0.2, 0) is 10.0 Å². The standard InChI is InChI=1S/C19H23ClN2O4S/c1-4-5-13(2)21-19(23)17-12-14(6-11-18(17)20)22-27(24,25)16-9-7-15(26-3)8-10-16/h6-13,22H,4-5H2,1-3H3,(H,21,23)/t13-/m1/s1. The first-order chi connectivity index (χ1) is 12.8. The Kier molecular flexibility index (Phi) is 7.10. The Morgan fingerprint density at radius 1 is 1.19 bits per heavy atom. The Morgan fingerprint density at radius 3 is 2.44 bits per heavy atom. The van der Waals surface area contributed by atoms with Gasteiger partial charge in [-0.05, 0) is 55.8 Å². The van der Waals surface area contributed by atoms with Crippen molar-refractivity contribution in [3.8, 4) is 5.75 Å². The van der Waals surface area contributed by atoms with Gasteiger partial charge in [-0.2, -0.15) is 0 Å². The van der Waals surface area contributed by atoms with Gasteiger partial charge in [0.05, 0.1) is 22.6 Å². The first-order valence-electron chi connectivity index (χ1n) is 8.54. The van der Waals surface area contributed by atoms with E-state index >= 15 is 0 Å². The minimum atomic E-state index is -3.81. The van der Waals surface area contributed by atoms with Crippen LogP contribution in [0.5, 0.6) is 5.75 Å². The van der Waals surface area contributed by atoms with Gasteiger partial charge in [-0.25, -0.2) is 8.42 Å². The molecule has 2 N–H and O–H groups in total. The molecule has 0 fully saturated rings. The highest BCUT2D eigenvalue weighted by Crippen LogP contribution is 2.24. The molecule has 0 aromatic heterocycles. The van der Waals surface area contributed by atoms with Gasteiger partial charge < -0.3 is 10.1 Å². The Hall–Kier alpha value is -2.25. The number of anilines is 1. The molecule has 0 aliphatic heterocycles. The van der Waals surface area contributed by atoms with Gasteiger partial charge >= 0.3 is 0 Å². The van der Waals surface area contributed by atoms with Gasteiger partial charge in [0.2, 0.25) is 0 Å². The van der Waals surface area contributed by atoms with E-state index in [4.69, 9.17) is 16.3 Å². The lowest BCUT2D eigenvalue weighted by Crippen LogP contribution is -2.32. The molecule has 27 heavy (non-hydrogen) atoms. The molecule has 2 aromatic rings. The highest BCUT2D eigenvalue weighted by molar-refractivity contribution is 7.92. The molecular formula is C19H23ClN2O4S. The van der Waals surface area contributed by atoms with Crippen molar-refractivity contribution in [3.63, 3.8) is 0 Å². The summed E-state index contributed by atoms with van der Waals surface area (Å²) in [7, 11) is -2.30. The van der Waals surface area contributed by atoms with E-state index in [1.165, 1.54) is 37.4 Å². The number of hydrogen-bond acceptors (Lipinski definition) is 4. The first kappa shape index (κ1) is 21.1.